The Hall–Kier alpha value is -0.905. The van der Waals surface area contributed by atoms with Gasteiger partial charge in [-0.05, 0) is 12.1 Å². The van der Waals surface area contributed by atoms with Crippen molar-refractivity contribution >= 4 is 7.69 Å². The number of hydrogen-bond acceptors (Lipinski definition) is 4. The van der Waals surface area contributed by atoms with Gasteiger partial charge in [-0.1, -0.05) is 6.07 Å². The fraction of sp³-hybridized carbons (Fsp3) is 0. The molecule has 0 atom stereocenters. The highest BCUT2D eigenvalue weighted by molar-refractivity contribution is 6.15. The van der Waals surface area contributed by atoms with Gasteiger partial charge in [-0.15, -0.1) is 0 Å². The fourth-order valence-electron chi connectivity index (χ4n) is 0.313. The van der Waals surface area contributed by atoms with Gasteiger partial charge in [0, 0.05) is 12.4 Å². The summed E-state index contributed by atoms with van der Waals surface area (Å²) in [7, 11) is -0.403. The first-order chi connectivity index (χ1) is 4.91. The van der Waals surface area contributed by atoms with E-state index in [1.807, 2.05) is 18.2 Å². The smallest absolute Gasteiger partial charge is 0.429 e. The molecule has 54 valence electrons. The number of aromatic nitrogens is 1. The van der Waals surface area contributed by atoms with Crippen molar-refractivity contribution in [3.8, 4) is 0 Å². The lowest BCUT2D eigenvalue weighted by molar-refractivity contribution is 0.296. The largest absolute Gasteiger partial charge is 0.453 e. The molecule has 0 saturated heterocycles. The zero-order chi connectivity index (χ0) is 7.66. The van der Waals surface area contributed by atoms with Crippen LogP contribution in [0, 0.1) is 0 Å². The highest BCUT2D eigenvalue weighted by Gasteiger charge is 1.64. The zero-order valence-corrected chi connectivity index (χ0v) is 5.47. The normalized spacial score (nSPS) is 7.40. The second-order valence-electron chi connectivity index (χ2n) is 1.32. The van der Waals surface area contributed by atoms with Gasteiger partial charge in [0.05, 0.1) is 0 Å². The number of rotatable bonds is 1. The molecule has 0 spiro atoms. The molecule has 4 nitrogen and oxygen atoms in total. The Kier molecular flexibility index (Phi) is 7.36. The molecule has 0 unspecified atom stereocenters. The molecule has 0 radical (unpaired) electrons. The minimum absolute atomic E-state index is 0.403. The van der Waals surface area contributed by atoms with Crippen molar-refractivity contribution in [2.75, 3.05) is 0 Å². The Bertz CT molecular complexity index is 110. The summed E-state index contributed by atoms with van der Waals surface area (Å²) in [6.07, 6.45) is 3.50. The van der Waals surface area contributed by atoms with Crippen molar-refractivity contribution in [2.24, 2.45) is 5.90 Å². The molecule has 5 heteroatoms. The predicted octanol–water partition coefficient (Wildman–Crippen LogP) is -0.783. The molecule has 0 aliphatic carbocycles. The Labute approximate surface area is 59.9 Å². The number of pyridine rings is 1. The van der Waals surface area contributed by atoms with Gasteiger partial charge >= 0.3 is 7.69 Å². The highest BCUT2D eigenvalue weighted by atomic mass is 16.6. The summed E-state index contributed by atoms with van der Waals surface area (Å²) in [6, 6.07) is 5.72. The molecule has 0 aliphatic heterocycles. The third-order valence-corrected chi connectivity index (χ3v) is 0.641. The van der Waals surface area contributed by atoms with Crippen molar-refractivity contribution in [1.29, 1.82) is 0 Å². The van der Waals surface area contributed by atoms with Crippen LogP contribution in [0.5, 0.6) is 0 Å². The molecule has 3 N–H and O–H groups in total. The molecule has 1 aromatic heterocycles. The van der Waals surface area contributed by atoms with Crippen LogP contribution in [-0.2, 0) is 4.76 Å². The van der Waals surface area contributed by atoms with Crippen LogP contribution in [0.3, 0.4) is 0 Å². The average molecular weight is 140 g/mol. The van der Waals surface area contributed by atoms with Gasteiger partial charge < -0.3 is 9.78 Å². The molecule has 0 amide bonds. The summed E-state index contributed by atoms with van der Waals surface area (Å²) >= 11 is 0. The van der Waals surface area contributed by atoms with Crippen molar-refractivity contribution in [2.45, 2.75) is 0 Å². The molecular formula is C5H9BN2O2. The number of hydrogen-bond donors (Lipinski definition) is 2. The van der Waals surface area contributed by atoms with E-state index < -0.39 is 7.69 Å². The summed E-state index contributed by atoms with van der Waals surface area (Å²) in [6.45, 7) is 0. The first-order valence-corrected chi connectivity index (χ1v) is 2.69. The summed E-state index contributed by atoms with van der Waals surface area (Å²) in [5.74, 6) is 4.28. The van der Waals surface area contributed by atoms with Crippen LogP contribution in [0.4, 0.5) is 0 Å². The van der Waals surface area contributed by atoms with E-state index in [0.717, 1.165) is 0 Å². The second-order valence-corrected chi connectivity index (χ2v) is 1.32. The van der Waals surface area contributed by atoms with E-state index in [9.17, 15) is 0 Å². The zero-order valence-electron chi connectivity index (χ0n) is 5.47. The van der Waals surface area contributed by atoms with E-state index >= 15 is 0 Å². The van der Waals surface area contributed by atoms with Crippen molar-refractivity contribution in [3.63, 3.8) is 0 Å². The summed E-state index contributed by atoms with van der Waals surface area (Å²) in [4.78, 5) is 3.78. The summed E-state index contributed by atoms with van der Waals surface area (Å²) in [5, 5.41) is 7.53. The van der Waals surface area contributed by atoms with Gasteiger partial charge in [0.15, 0.2) is 0 Å². The maximum Gasteiger partial charge on any atom is 0.453 e. The van der Waals surface area contributed by atoms with E-state index in [-0.39, 0.29) is 0 Å². The van der Waals surface area contributed by atoms with Gasteiger partial charge in [-0.3, -0.25) is 4.98 Å². The molecule has 0 bridgehead atoms. The lowest BCUT2D eigenvalue weighted by Crippen LogP contribution is -2.02. The number of nitrogens with two attached hydrogens (primary N) is 1. The van der Waals surface area contributed by atoms with Crippen molar-refractivity contribution in [1.82, 2.24) is 4.98 Å². The van der Waals surface area contributed by atoms with Gasteiger partial charge in [0.25, 0.3) is 0 Å². The first kappa shape index (κ1) is 9.09. The topological polar surface area (TPSA) is 68.4 Å². The lowest BCUT2D eigenvalue weighted by atomic mass is 10.4. The molecule has 1 rings (SSSR count). The average Bonchev–Trinajstić information content (AvgIpc) is 2.08. The van der Waals surface area contributed by atoms with Crippen LogP contribution in [0.25, 0.3) is 0 Å². The molecule has 0 saturated carbocycles. The van der Waals surface area contributed by atoms with Gasteiger partial charge in [0.2, 0.25) is 0 Å². The maximum absolute atomic E-state index is 7.53. The van der Waals surface area contributed by atoms with Crippen molar-refractivity contribution in [3.05, 3.63) is 30.6 Å². The Morgan fingerprint density at radius 1 is 1.30 bits per heavy atom. The summed E-state index contributed by atoms with van der Waals surface area (Å²) < 4.78 is 3.60. The van der Waals surface area contributed by atoms with Gasteiger partial charge in [-0.25, -0.2) is 5.90 Å². The third-order valence-electron chi connectivity index (χ3n) is 0.641. The number of nitrogens with zero attached hydrogens (tertiary/aromatic N) is 1. The van der Waals surface area contributed by atoms with E-state index in [0.29, 0.717) is 0 Å². The molecule has 1 aromatic rings. The standard InChI is InChI=1S/C5H5N.BH4NO2/c1-2-4-6-5-3-1;2-4-1-3/h1-5H;1,3H,2H2. The predicted molar refractivity (Wildman–Crippen MR) is 38.9 cm³/mol. The van der Waals surface area contributed by atoms with Crippen LogP contribution in [0.2, 0.25) is 0 Å². The second kappa shape index (κ2) is 8.09. The molecule has 1 heterocycles. The van der Waals surface area contributed by atoms with Crippen molar-refractivity contribution < 1.29 is 9.78 Å². The Balaban J connectivity index is 0.000000180. The Morgan fingerprint density at radius 3 is 1.90 bits per heavy atom. The van der Waals surface area contributed by atoms with Crippen LogP contribution >= 0.6 is 0 Å². The van der Waals surface area contributed by atoms with Gasteiger partial charge in [-0.2, -0.15) is 0 Å². The molecular weight excluding hydrogens is 131 g/mol. The highest BCUT2D eigenvalue weighted by Crippen LogP contribution is 1.73. The SMILES string of the molecule is NOBO.c1ccncc1. The van der Waals surface area contributed by atoms with Gasteiger partial charge in [0.1, 0.15) is 0 Å². The van der Waals surface area contributed by atoms with E-state index in [4.69, 9.17) is 5.02 Å². The van der Waals surface area contributed by atoms with E-state index in [2.05, 4.69) is 15.6 Å². The van der Waals surface area contributed by atoms with Crippen LogP contribution < -0.4 is 5.90 Å². The van der Waals surface area contributed by atoms with E-state index in [1.54, 1.807) is 12.4 Å². The molecule has 10 heavy (non-hydrogen) atoms. The summed E-state index contributed by atoms with van der Waals surface area (Å²) in [5.41, 5.74) is 0. The van der Waals surface area contributed by atoms with Crippen LogP contribution in [0.1, 0.15) is 0 Å². The molecule has 0 aromatic carbocycles. The maximum atomic E-state index is 7.53. The van der Waals surface area contributed by atoms with Crippen LogP contribution in [0.15, 0.2) is 30.6 Å². The first-order valence-electron chi connectivity index (χ1n) is 2.69. The molecule has 0 aliphatic rings. The van der Waals surface area contributed by atoms with Crippen LogP contribution in [-0.4, -0.2) is 17.7 Å². The Morgan fingerprint density at radius 2 is 1.80 bits per heavy atom. The van der Waals surface area contributed by atoms with E-state index in [1.165, 1.54) is 0 Å². The third kappa shape index (κ3) is 7.09. The minimum Gasteiger partial charge on any atom is -0.429 e. The monoisotopic (exact) mass is 140 g/mol. The molecule has 0 fully saturated rings. The lowest BCUT2D eigenvalue weighted by Gasteiger charge is -1.72. The minimum atomic E-state index is -0.403. The fourth-order valence-corrected chi connectivity index (χ4v) is 0.313. The quantitative estimate of drug-likeness (QED) is 0.396.